The Labute approximate surface area is 201 Å². The molecule has 8 heteroatoms. The number of halogens is 2. The number of rotatable bonds is 8. The van der Waals surface area contributed by atoms with E-state index in [0.717, 1.165) is 12.0 Å². The molecule has 0 spiro atoms. The standard InChI is InChI=1S/C26H24F2N4OS/c1-3-17-11-13-18(14-12-17)24(19-7-6-8-20(27)15-19)29-23(33)16-34-26-31-30-25(32(26)2)21-9-4-5-10-22(21)28/h4-15,24H,3,16H2,1-2H3,(H,29,33). The van der Waals surface area contributed by atoms with Crippen molar-refractivity contribution in [1.29, 1.82) is 0 Å². The van der Waals surface area contributed by atoms with E-state index in [1.807, 2.05) is 24.3 Å². The van der Waals surface area contributed by atoms with Gasteiger partial charge < -0.3 is 9.88 Å². The van der Waals surface area contributed by atoms with Gasteiger partial charge in [-0.15, -0.1) is 10.2 Å². The summed E-state index contributed by atoms with van der Waals surface area (Å²) in [5.41, 5.74) is 3.04. The molecule has 1 atom stereocenters. The Kier molecular flexibility index (Phi) is 7.37. The fraction of sp³-hybridized carbons (Fsp3) is 0.192. The molecular weight excluding hydrogens is 454 g/mol. The second kappa shape index (κ2) is 10.6. The zero-order valence-corrected chi connectivity index (χ0v) is 19.7. The van der Waals surface area contributed by atoms with E-state index in [9.17, 15) is 13.6 Å². The van der Waals surface area contributed by atoms with Gasteiger partial charge in [0.1, 0.15) is 11.6 Å². The highest BCUT2D eigenvalue weighted by Gasteiger charge is 2.20. The molecule has 1 heterocycles. The zero-order valence-electron chi connectivity index (χ0n) is 18.8. The summed E-state index contributed by atoms with van der Waals surface area (Å²) >= 11 is 1.20. The molecule has 4 rings (SSSR count). The van der Waals surface area contributed by atoms with E-state index in [4.69, 9.17) is 0 Å². The highest BCUT2D eigenvalue weighted by Crippen LogP contribution is 2.26. The molecule has 1 unspecified atom stereocenters. The summed E-state index contributed by atoms with van der Waals surface area (Å²) in [6.45, 7) is 2.07. The van der Waals surface area contributed by atoms with Gasteiger partial charge in [0.2, 0.25) is 5.91 Å². The maximum atomic E-state index is 14.1. The Bertz CT molecular complexity index is 1290. The van der Waals surface area contributed by atoms with Gasteiger partial charge in [-0.25, -0.2) is 8.78 Å². The van der Waals surface area contributed by atoms with Crippen LogP contribution in [0.3, 0.4) is 0 Å². The van der Waals surface area contributed by atoms with E-state index in [2.05, 4.69) is 22.4 Å². The second-order valence-electron chi connectivity index (χ2n) is 7.78. The number of aromatic nitrogens is 3. The minimum absolute atomic E-state index is 0.0715. The van der Waals surface area contributed by atoms with Gasteiger partial charge in [-0.2, -0.15) is 0 Å². The molecule has 0 aliphatic rings. The summed E-state index contributed by atoms with van der Waals surface area (Å²) in [4.78, 5) is 12.9. The first-order chi connectivity index (χ1) is 16.5. The lowest BCUT2D eigenvalue weighted by Crippen LogP contribution is -2.30. The van der Waals surface area contributed by atoms with Crippen LogP contribution in [-0.4, -0.2) is 26.4 Å². The lowest BCUT2D eigenvalue weighted by Gasteiger charge is -2.20. The van der Waals surface area contributed by atoms with Gasteiger partial charge in [-0.05, 0) is 47.4 Å². The molecule has 4 aromatic rings. The molecular formula is C26H24F2N4OS. The van der Waals surface area contributed by atoms with Crippen molar-refractivity contribution >= 4 is 17.7 Å². The number of benzene rings is 3. The number of nitrogens with zero attached hydrogens (tertiary/aromatic N) is 3. The van der Waals surface area contributed by atoms with E-state index in [1.165, 1.54) is 35.5 Å². The third-order valence-corrected chi connectivity index (χ3v) is 6.51. The predicted molar refractivity (Wildman–Crippen MR) is 129 cm³/mol. The van der Waals surface area contributed by atoms with Gasteiger partial charge in [0.15, 0.2) is 11.0 Å². The molecule has 1 N–H and O–H groups in total. The lowest BCUT2D eigenvalue weighted by atomic mass is 9.97. The Morgan fingerprint density at radius 3 is 2.47 bits per heavy atom. The van der Waals surface area contributed by atoms with E-state index < -0.39 is 6.04 Å². The van der Waals surface area contributed by atoms with Gasteiger partial charge >= 0.3 is 0 Å². The summed E-state index contributed by atoms with van der Waals surface area (Å²) in [5.74, 6) is -0.540. The van der Waals surface area contributed by atoms with Crippen molar-refractivity contribution in [3.8, 4) is 11.4 Å². The Morgan fingerprint density at radius 2 is 1.76 bits per heavy atom. The first kappa shape index (κ1) is 23.6. The van der Waals surface area contributed by atoms with Crippen LogP contribution < -0.4 is 5.32 Å². The molecule has 174 valence electrons. The van der Waals surface area contributed by atoms with Crippen molar-refractivity contribution in [2.45, 2.75) is 24.5 Å². The van der Waals surface area contributed by atoms with Crippen LogP contribution in [0.25, 0.3) is 11.4 Å². The van der Waals surface area contributed by atoms with Crippen LogP contribution in [-0.2, 0) is 18.3 Å². The van der Waals surface area contributed by atoms with Crippen molar-refractivity contribution in [1.82, 2.24) is 20.1 Å². The molecule has 34 heavy (non-hydrogen) atoms. The molecule has 1 aromatic heterocycles. The molecule has 3 aromatic carbocycles. The SMILES string of the molecule is CCc1ccc(C(NC(=O)CSc2nnc(-c3ccccc3F)n2C)c2cccc(F)c2)cc1. The number of hydrogen-bond donors (Lipinski definition) is 1. The summed E-state index contributed by atoms with van der Waals surface area (Å²) in [6.07, 6.45) is 0.903. The molecule has 0 fully saturated rings. The Hall–Kier alpha value is -3.52. The van der Waals surface area contributed by atoms with E-state index in [-0.39, 0.29) is 23.3 Å². The number of thioether (sulfide) groups is 1. The first-order valence-corrected chi connectivity index (χ1v) is 11.9. The molecule has 0 aliphatic carbocycles. The molecule has 0 saturated heterocycles. The minimum Gasteiger partial charge on any atom is -0.344 e. The second-order valence-corrected chi connectivity index (χ2v) is 8.73. The van der Waals surface area contributed by atoms with Crippen LogP contribution >= 0.6 is 11.8 Å². The largest absolute Gasteiger partial charge is 0.344 e. The molecule has 0 saturated carbocycles. The van der Waals surface area contributed by atoms with Gasteiger partial charge in [-0.1, -0.05) is 67.2 Å². The lowest BCUT2D eigenvalue weighted by molar-refractivity contribution is -0.119. The quantitative estimate of drug-likeness (QED) is 0.348. The topological polar surface area (TPSA) is 59.8 Å². The van der Waals surface area contributed by atoms with Crippen molar-refractivity contribution in [3.05, 3.63) is 101 Å². The summed E-state index contributed by atoms with van der Waals surface area (Å²) in [5, 5.41) is 11.7. The van der Waals surface area contributed by atoms with Crippen molar-refractivity contribution in [2.75, 3.05) is 5.75 Å². The molecule has 0 bridgehead atoms. The molecule has 0 aliphatic heterocycles. The van der Waals surface area contributed by atoms with Crippen LogP contribution in [0.1, 0.15) is 29.7 Å². The minimum atomic E-state index is -0.497. The van der Waals surface area contributed by atoms with Crippen LogP contribution in [0.2, 0.25) is 0 Å². The third-order valence-electron chi connectivity index (χ3n) is 5.49. The van der Waals surface area contributed by atoms with Crippen molar-refractivity contribution in [3.63, 3.8) is 0 Å². The van der Waals surface area contributed by atoms with Gasteiger partial charge in [0.05, 0.1) is 17.4 Å². The maximum absolute atomic E-state index is 14.1. The molecule has 5 nitrogen and oxygen atoms in total. The van der Waals surface area contributed by atoms with Crippen molar-refractivity contribution < 1.29 is 13.6 Å². The monoisotopic (exact) mass is 478 g/mol. The number of aryl methyl sites for hydroxylation is 1. The normalized spacial score (nSPS) is 11.9. The number of carbonyl (C=O) groups is 1. The number of nitrogens with one attached hydrogen (secondary N) is 1. The number of hydrogen-bond acceptors (Lipinski definition) is 4. The van der Waals surface area contributed by atoms with E-state index in [0.29, 0.717) is 22.1 Å². The fourth-order valence-electron chi connectivity index (χ4n) is 3.64. The van der Waals surface area contributed by atoms with Crippen LogP contribution in [0, 0.1) is 11.6 Å². The third kappa shape index (κ3) is 5.34. The molecule has 1 amide bonds. The van der Waals surface area contributed by atoms with Crippen molar-refractivity contribution in [2.24, 2.45) is 7.05 Å². The maximum Gasteiger partial charge on any atom is 0.231 e. The number of amides is 1. The van der Waals surface area contributed by atoms with Gasteiger partial charge in [-0.3, -0.25) is 4.79 Å². The van der Waals surface area contributed by atoms with Crippen LogP contribution in [0.15, 0.2) is 78.0 Å². The average molecular weight is 479 g/mol. The summed E-state index contributed by atoms with van der Waals surface area (Å²) in [7, 11) is 1.73. The number of carbonyl (C=O) groups excluding carboxylic acids is 1. The first-order valence-electron chi connectivity index (χ1n) is 10.9. The highest BCUT2D eigenvalue weighted by molar-refractivity contribution is 7.99. The average Bonchev–Trinajstić information content (AvgIpc) is 3.21. The summed E-state index contributed by atoms with van der Waals surface area (Å²) in [6, 6.07) is 20.0. The van der Waals surface area contributed by atoms with Gasteiger partial charge in [0, 0.05) is 7.05 Å². The Balaban J connectivity index is 1.50. The smallest absolute Gasteiger partial charge is 0.231 e. The Morgan fingerprint density at radius 1 is 1.00 bits per heavy atom. The van der Waals surface area contributed by atoms with E-state index in [1.54, 1.807) is 41.9 Å². The summed E-state index contributed by atoms with van der Waals surface area (Å²) < 4.78 is 29.7. The highest BCUT2D eigenvalue weighted by atomic mass is 32.2. The molecule has 0 radical (unpaired) electrons. The predicted octanol–water partition coefficient (Wildman–Crippen LogP) is 5.32. The van der Waals surface area contributed by atoms with Gasteiger partial charge in [0.25, 0.3) is 0 Å². The van der Waals surface area contributed by atoms with Crippen LogP contribution in [0.4, 0.5) is 8.78 Å². The zero-order chi connectivity index (χ0) is 24.1. The fourth-order valence-corrected chi connectivity index (χ4v) is 4.36. The van der Waals surface area contributed by atoms with Crippen LogP contribution in [0.5, 0.6) is 0 Å². The van der Waals surface area contributed by atoms with E-state index >= 15 is 0 Å².